The van der Waals surface area contributed by atoms with Crippen LogP contribution < -0.4 is 10.2 Å². The van der Waals surface area contributed by atoms with Crippen LogP contribution in [0.1, 0.15) is 19.8 Å². The number of benzene rings is 1. The van der Waals surface area contributed by atoms with E-state index in [1.54, 1.807) is 11.1 Å². The molecule has 2 aromatic rings. The number of nitrogens with one attached hydrogen (secondary N) is 1. The van der Waals surface area contributed by atoms with E-state index < -0.39 is 0 Å². The summed E-state index contributed by atoms with van der Waals surface area (Å²) in [6.07, 6.45) is 3.24. The average molecular weight is 341 g/mol. The minimum atomic E-state index is -0.0709. The number of ether oxygens (including phenoxy) is 1. The number of carbonyl (C=O) groups excluding carboxylic acids is 2. The average Bonchev–Trinajstić information content (AvgIpc) is 2.65. The van der Waals surface area contributed by atoms with Crippen LogP contribution in [-0.4, -0.2) is 43.1 Å². The minimum absolute atomic E-state index is 0.0127. The van der Waals surface area contributed by atoms with E-state index in [0.29, 0.717) is 26.3 Å². The molecule has 132 valence electrons. The van der Waals surface area contributed by atoms with Crippen LogP contribution in [-0.2, 0) is 14.3 Å². The summed E-state index contributed by atoms with van der Waals surface area (Å²) in [6.45, 7) is 3.64. The third-order valence-corrected chi connectivity index (χ3v) is 4.51. The van der Waals surface area contributed by atoms with E-state index in [0.717, 1.165) is 29.4 Å². The summed E-state index contributed by atoms with van der Waals surface area (Å²) >= 11 is 0. The Morgan fingerprint density at radius 2 is 2.00 bits per heavy atom. The molecule has 0 atom stereocenters. The summed E-state index contributed by atoms with van der Waals surface area (Å²) in [7, 11) is 0. The van der Waals surface area contributed by atoms with Crippen LogP contribution in [0.5, 0.6) is 0 Å². The molecule has 0 unspecified atom stereocenters. The second-order valence-corrected chi connectivity index (χ2v) is 6.20. The molecule has 1 aliphatic rings. The quantitative estimate of drug-likeness (QED) is 0.904. The highest BCUT2D eigenvalue weighted by molar-refractivity contribution is 6.01. The van der Waals surface area contributed by atoms with Gasteiger partial charge in [0, 0.05) is 50.7 Å². The second kappa shape index (κ2) is 8.07. The normalized spacial score (nSPS) is 15.1. The Labute approximate surface area is 147 Å². The maximum atomic E-state index is 12.2. The number of nitrogens with zero attached hydrogens (tertiary/aromatic N) is 2. The standard InChI is InChI=1S/C19H23N3O3/c1-14(23)22(11-10-21-19(24)16-7-12-25-13-8-16)17-6-2-4-15-5-3-9-20-18(15)17/h2-6,9,16H,7-8,10-13H2,1H3,(H,21,24). The van der Waals surface area contributed by atoms with Crippen LogP contribution in [0.3, 0.4) is 0 Å². The number of anilines is 1. The zero-order valence-corrected chi connectivity index (χ0v) is 14.4. The van der Waals surface area contributed by atoms with Crippen LogP contribution in [0, 0.1) is 5.92 Å². The Bertz CT molecular complexity index is 751. The van der Waals surface area contributed by atoms with Crippen molar-refractivity contribution in [2.45, 2.75) is 19.8 Å². The molecule has 3 rings (SSSR count). The van der Waals surface area contributed by atoms with E-state index in [9.17, 15) is 9.59 Å². The first-order chi connectivity index (χ1) is 12.2. The highest BCUT2D eigenvalue weighted by Crippen LogP contribution is 2.24. The Morgan fingerprint density at radius 3 is 2.76 bits per heavy atom. The number of fused-ring (bicyclic) bond motifs is 1. The minimum Gasteiger partial charge on any atom is -0.381 e. The largest absolute Gasteiger partial charge is 0.381 e. The maximum absolute atomic E-state index is 12.2. The van der Waals surface area contributed by atoms with Crippen LogP contribution in [0.2, 0.25) is 0 Å². The molecule has 1 aromatic carbocycles. The van der Waals surface area contributed by atoms with Crippen molar-refractivity contribution in [3.8, 4) is 0 Å². The fraction of sp³-hybridized carbons (Fsp3) is 0.421. The van der Waals surface area contributed by atoms with Gasteiger partial charge in [0.25, 0.3) is 0 Å². The molecule has 25 heavy (non-hydrogen) atoms. The van der Waals surface area contributed by atoms with Crippen molar-refractivity contribution in [3.63, 3.8) is 0 Å². The molecule has 0 bridgehead atoms. The summed E-state index contributed by atoms with van der Waals surface area (Å²) in [5.74, 6) is -0.0138. The lowest BCUT2D eigenvalue weighted by Gasteiger charge is -2.24. The number of carbonyl (C=O) groups is 2. The van der Waals surface area contributed by atoms with Crippen molar-refractivity contribution in [1.29, 1.82) is 0 Å². The predicted molar refractivity (Wildman–Crippen MR) is 96.3 cm³/mol. The molecule has 2 amide bonds. The van der Waals surface area contributed by atoms with Gasteiger partial charge in [0.1, 0.15) is 0 Å². The Morgan fingerprint density at radius 1 is 1.24 bits per heavy atom. The molecule has 6 nitrogen and oxygen atoms in total. The lowest BCUT2D eigenvalue weighted by Crippen LogP contribution is -2.40. The van der Waals surface area contributed by atoms with Gasteiger partial charge in [-0.05, 0) is 25.0 Å². The van der Waals surface area contributed by atoms with Crippen molar-refractivity contribution in [3.05, 3.63) is 36.5 Å². The molecule has 1 aromatic heterocycles. The Hall–Kier alpha value is -2.47. The van der Waals surface area contributed by atoms with Crippen molar-refractivity contribution < 1.29 is 14.3 Å². The van der Waals surface area contributed by atoms with E-state index >= 15 is 0 Å². The van der Waals surface area contributed by atoms with Gasteiger partial charge >= 0.3 is 0 Å². The van der Waals surface area contributed by atoms with Crippen molar-refractivity contribution in [1.82, 2.24) is 10.3 Å². The first-order valence-corrected chi connectivity index (χ1v) is 8.64. The molecular weight excluding hydrogens is 318 g/mol. The van der Waals surface area contributed by atoms with Gasteiger partial charge < -0.3 is 15.0 Å². The smallest absolute Gasteiger partial charge is 0.223 e. The van der Waals surface area contributed by atoms with Crippen molar-refractivity contribution >= 4 is 28.4 Å². The third-order valence-electron chi connectivity index (χ3n) is 4.51. The first-order valence-electron chi connectivity index (χ1n) is 8.64. The Balaban J connectivity index is 1.67. The van der Waals surface area contributed by atoms with Gasteiger partial charge in [-0.25, -0.2) is 0 Å². The lowest BCUT2D eigenvalue weighted by molar-refractivity contribution is -0.127. The van der Waals surface area contributed by atoms with Crippen molar-refractivity contribution in [2.75, 3.05) is 31.2 Å². The molecular formula is C19H23N3O3. The molecule has 1 aliphatic heterocycles. The van der Waals surface area contributed by atoms with E-state index in [-0.39, 0.29) is 17.7 Å². The predicted octanol–water partition coefficient (Wildman–Crippen LogP) is 2.13. The topological polar surface area (TPSA) is 71.5 Å². The molecule has 6 heteroatoms. The van der Waals surface area contributed by atoms with E-state index in [1.807, 2.05) is 30.3 Å². The fourth-order valence-corrected chi connectivity index (χ4v) is 3.15. The second-order valence-electron chi connectivity index (χ2n) is 6.20. The van der Waals surface area contributed by atoms with Crippen LogP contribution in [0.25, 0.3) is 10.9 Å². The van der Waals surface area contributed by atoms with Gasteiger partial charge in [0.05, 0.1) is 11.2 Å². The van der Waals surface area contributed by atoms with E-state index in [1.165, 1.54) is 6.92 Å². The van der Waals surface area contributed by atoms with E-state index in [2.05, 4.69) is 10.3 Å². The summed E-state index contributed by atoms with van der Waals surface area (Å²) in [4.78, 5) is 30.4. The zero-order chi connectivity index (χ0) is 17.6. The zero-order valence-electron chi connectivity index (χ0n) is 14.4. The van der Waals surface area contributed by atoms with Crippen molar-refractivity contribution in [2.24, 2.45) is 5.92 Å². The van der Waals surface area contributed by atoms with Gasteiger partial charge in [-0.2, -0.15) is 0 Å². The van der Waals surface area contributed by atoms with Gasteiger partial charge in [-0.1, -0.05) is 18.2 Å². The fourth-order valence-electron chi connectivity index (χ4n) is 3.15. The number of amides is 2. The summed E-state index contributed by atoms with van der Waals surface area (Å²) in [5.41, 5.74) is 1.56. The first kappa shape index (κ1) is 17.4. The lowest BCUT2D eigenvalue weighted by atomic mass is 9.99. The molecule has 0 radical (unpaired) electrons. The van der Waals surface area contributed by atoms with Crippen LogP contribution in [0.4, 0.5) is 5.69 Å². The van der Waals surface area contributed by atoms with Gasteiger partial charge in [-0.15, -0.1) is 0 Å². The summed E-state index contributed by atoms with van der Waals surface area (Å²) in [6, 6.07) is 9.61. The van der Waals surface area contributed by atoms with E-state index in [4.69, 9.17) is 4.74 Å². The molecule has 0 spiro atoms. The molecule has 1 fully saturated rings. The number of hydrogen-bond donors (Lipinski definition) is 1. The molecule has 1 saturated heterocycles. The number of pyridine rings is 1. The van der Waals surface area contributed by atoms with Crippen LogP contribution in [0.15, 0.2) is 36.5 Å². The molecule has 0 aliphatic carbocycles. The number of rotatable bonds is 5. The number of hydrogen-bond acceptors (Lipinski definition) is 4. The highest BCUT2D eigenvalue weighted by Gasteiger charge is 2.22. The monoisotopic (exact) mass is 341 g/mol. The Kier molecular flexibility index (Phi) is 5.60. The third kappa shape index (κ3) is 4.14. The molecule has 0 saturated carbocycles. The highest BCUT2D eigenvalue weighted by atomic mass is 16.5. The summed E-state index contributed by atoms with van der Waals surface area (Å²) < 4.78 is 5.28. The number of para-hydroxylation sites is 1. The van der Waals surface area contributed by atoms with Gasteiger partial charge in [0.15, 0.2) is 0 Å². The SMILES string of the molecule is CC(=O)N(CCNC(=O)C1CCOCC1)c1cccc2cccnc12. The summed E-state index contributed by atoms with van der Waals surface area (Å²) in [5, 5.41) is 3.93. The van der Waals surface area contributed by atoms with Crippen LogP contribution >= 0.6 is 0 Å². The van der Waals surface area contributed by atoms with Gasteiger partial charge in [0.2, 0.25) is 11.8 Å². The molecule has 1 N–H and O–H groups in total. The maximum Gasteiger partial charge on any atom is 0.223 e. The van der Waals surface area contributed by atoms with Gasteiger partial charge in [-0.3, -0.25) is 14.6 Å². The number of aromatic nitrogens is 1. The molecule has 2 heterocycles.